The normalized spacial score (nSPS) is 11.3. The molecule has 0 amide bonds. The molecule has 0 unspecified atom stereocenters. The molecule has 1 aromatic heterocycles. The molecule has 0 radical (unpaired) electrons. The van der Waals surface area contributed by atoms with Gasteiger partial charge in [0.15, 0.2) is 5.75 Å². The second-order valence-corrected chi connectivity index (χ2v) is 12.4. The van der Waals surface area contributed by atoms with E-state index in [0.29, 0.717) is 25.4 Å². The van der Waals surface area contributed by atoms with E-state index < -0.39 is 0 Å². The molecule has 4 nitrogen and oxygen atoms in total. The number of unbranched alkanes of at least 4 members (excludes halogenated alkanes) is 15. The van der Waals surface area contributed by atoms with E-state index in [4.69, 9.17) is 4.74 Å². The summed E-state index contributed by atoms with van der Waals surface area (Å²) in [6.45, 7) is 5.13. The predicted octanol–water partition coefficient (Wildman–Crippen LogP) is 10.2. The molecule has 43 heavy (non-hydrogen) atoms. The Morgan fingerprint density at radius 2 is 1.12 bits per heavy atom. The Morgan fingerprint density at radius 1 is 0.628 bits per heavy atom. The third kappa shape index (κ3) is 14.9. The topological polar surface area (TPSA) is 34.5 Å². The monoisotopic (exact) mass is 586 g/mol. The minimum Gasteiger partial charge on any atom is -0.488 e. The van der Waals surface area contributed by atoms with Crippen LogP contribution in [0.25, 0.3) is 0 Å². The number of pyridine rings is 1. The molecule has 0 atom stereocenters. The molecule has 4 heteroatoms. The number of rotatable bonds is 24. The highest BCUT2D eigenvalue weighted by molar-refractivity contribution is 5.25. The quantitative estimate of drug-likeness (QED) is 0.0980. The second-order valence-electron chi connectivity index (χ2n) is 12.4. The van der Waals surface area contributed by atoms with Crippen LogP contribution in [0.1, 0.15) is 126 Å². The summed E-state index contributed by atoms with van der Waals surface area (Å²) in [7, 11) is 2.10. The fourth-order valence-corrected chi connectivity index (χ4v) is 5.83. The molecule has 0 saturated heterocycles. The summed E-state index contributed by atoms with van der Waals surface area (Å²) in [5.41, 5.74) is 3.45. The van der Waals surface area contributed by atoms with Crippen LogP contribution in [0.2, 0.25) is 0 Å². The Kier molecular flexibility index (Phi) is 17.5. The molecule has 0 fully saturated rings. The van der Waals surface area contributed by atoms with Crippen molar-refractivity contribution in [3.8, 4) is 5.75 Å². The first-order valence-corrected chi connectivity index (χ1v) is 17.3. The van der Waals surface area contributed by atoms with Gasteiger partial charge in [0.2, 0.25) is 5.43 Å². The van der Waals surface area contributed by atoms with Crippen molar-refractivity contribution in [3.63, 3.8) is 0 Å². The first-order valence-electron chi connectivity index (χ1n) is 17.3. The van der Waals surface area contributed by atoms with Crippen molar-refractivity contribution in [1.82, 2.24) is 9.47 Å². The third-order valence-corrected chi connectivity index (χ3v) is 8.36. The highest BCUT2D eigenvalue weighted by Gasteiger charge is 2.11. The van der Waals surface area contributed by atoms with Gasteiger partial charge in [0.05, 0.1) is 12.8 Å². The summed E-state index contributed by atoms with van der Waals surface area (Å²) >= 11 is 0. The van der Waals surface area contributed by atoms with Crippen LogP contribution in [0.5, 0.6) is 5.75 Å². The molecule has 0 aliphatic heterocycles. The van der Waals surface area contributed by atoms with Crippen LogP contribution in [0.15, 0.2) is 77.7 Å². The number of ether oxygens (including phenoxy) is 1. The van der Waals surface area contributed by atoms with Crippen LogP contribution < -0.4 is 10.2 Å². The highest BCUT2D eigenvalue weighted by atomic mass is 16.5. The van der Waals surface area contributed by atoms with E-state index >= 15 is 0 Å². The van der Waals surface area contributed by atoms with Crippen molar-refractivity contribution in [2.45, 2.75) is 129 Å². The van der Waals surface area contributed by atoms with Crippen LogP contribution in [-0.4, -0.2) is 23.1 Å². The van der Waals surface area contributed by atoms with Crippen LogP contribution in [0, 0.1) is 0 Å². The van der Waals surface area contributed by atoms with Crippen LogP contribution in [-0.2, 0) is 19.6 Å². The van der Waals surface area contributed by atoms with Gasteiger partial charge in [-0.1, -0.05) is 164 Å². The van der Waals surface area contributed by atoms with Crippen LogP contribution in [0.3, 0.4) is 0 Å². The highest BCUT2D eigenvalue weighted by Crippen LogP contribution is 2.16. The van der Waals surface area contributed by atoms with Crippen molar-refractivity contribution < 1.29 is 4.74 Å². The summed E-state index contributed by atoms with van der Waals surface area (Å²) in [5, 5.41) is 0. The van der Waals surface area contributed by atoms with Gasteiger partial charge in [0.25, 0.3) is 0 Å². The Morgan fingerprint density at radius 3 is 1.65 bits per heavy atom. The van der Waals surface area contributed by atoms with Crippen molar-refractivity contribution in [3.05, 3.63) is 100.0 Å². The zero-order chi connectivity index (χ0) is 30.4. The molecule has 0 saturated carbocycles. The van der Waals surface area contributed by atoms with Crippen LogP contribution >= 0.6 is 0 Å². The molecular weight excluding hydrogens is 528 g/mol. The molecular formula is C39H58N2O2. The second kappa shape index (κ2) is 21.8. The summed E-state index contributed by atoms with van der Waals surface area (Å²) in [4.78, 5) is 15.3. The SMILES string of the molecule is CCCCCCCCCCCCCCCCCCOc1cn(Cc2ccccc2)c(CN(C)Cc2ccccc2)cc1=O. The lowest BCUT2D eigenvalue weighted by Gasteiger charge is -2.21. The Bertz CT molecular complexity index is 1160. The van der Waals surface area contributed by atoms with Crippen molar-refractivity contribution in [2.75, 3.05) is 13.7 Å². The Hall–Kier alpha value is -2.85. The number of nitrogens with zero attached hydrogens (tertiary/aromatic N) is 2. The molecule has 0 aliphatic carbocycles. The predicted molar refractivity (Wildman–Crippen MR) is 183 cm³/mol. The van der Waals surface area contributed by atoms with E-state index in [9.17, 15) is 4.79 Å². The minimum absolute atomic E-state index is 0.0242. The summed E-state index contributed by atoms with van der Waals surface area (Å²) in [6.07, 6.45) is 23.5. The van der Waals surface area contributed by atoms with E-state index in [-0.39, 0.29) is 5.43 Å². The lowest BCUT2D eigenvalue weighted by Crippen LogP contribution is -2.23. The molecule has 3 aromatic rings. The molecule has 0 N–H and O–H groups in total. The first-order chi connectivity index (χ1) is 21.2. The summed E-state index contributed by atoms with van der Waals surface area (Å²) in [5.74, 6) is 0.464. The van der Waals surface area contributed by atoms with Gasteiger partial charge in [-0.2, -0.15) is 0 Å². The largest absolute Gasteiger partial charge is 0.488 e. The average Bonchev–Trinajstić information content (AvgIpc) is 3.01. The van der Waals surface area contributed by atoms with E-state index in [1.54, 1.807) is 6.07 Å². The zero-order valence-corrected chi connectivity index (χ0v) is 27.3. The number of aromatic nitrogens is 1. The van der Waals surface area contributed by atoms with Crippen molar-refractivity contribution in [2.24, 2.45) is 0 Å². The zero-order valence-electron chi connectivity index (χ0n) is 27.3. The minimum atomic E-state index is -0.0242. The molecule has 236 valence electrons. The number of benzene rings is 2. The number of hydrogen-bond donors (Lipinski definition) is 0. The van der Waals surface area contributed by atoms with Gasteiger partial charge in [-0.25, -0.2) is 0 Å². The van der Waals surface area contributed by atoms with Gasteiger partial charge in [-0.15, -0.1) is 0 Å². The summed E-state index contributed by atoms with van der Waals surface area (Å²) < 4.78 is 8.22. The lowest BCUT2D eigenvalue weighted by atomic mass is 10.0. The van der Waals surface area contributed by atoms with Crippen molar-refractivity contribution in [1.29, 1.82) is 0 Å². The Labute approximate surface area is 262 Å². The molecule has 0 aliphatic rings. The van der Waals surface area contributed by atoms with Crippen LogP contribution in [0.4, 0.5) is 0 Å². The lowest BCUT2D eigenvalue weighted by molar-refractivity contribution is 0.293. The maximum atomic E-state index is 13.0. The maximum Gasteiger partial charge on any atom is 0.223 e. The fourth-order valence-electron chi connectivity index (χ4n) is 5.83. The maximum absolute atomic E-state index is 13.0. The fraction of sp³-hybridized carbons (Fsp3) is 0.564. The van der Waals surface area contributed by atoms with E-state index in [2.05, 4.69) is 72.0 Å². The third-order valence-electron chi connectivity index (χ3n) is 8.36. The van der Waals surface area contributed by atoms with Gasteiger partial charge in [0.1, 0.15) is 0 Å². The molecule has 3 rings (SSSR count). The molecule has 0 spiro atoms. The smallest absolute Gasteiger partial charge is 0.223 e. The van der Waals surface area contributed by atoms with Gasteiger partial charge in [-0.3, -0.25) is 9.69 Å². The van der Waals surface area contributed by atoms with Gasteiger partial charge < -0.3 is 9.30 Å². The Balaban J connectivity index is 1.35. The van der Waals surface area contributed by atoms with Gasteiger partial charge >= 0.3 is 0 Å². The van der Waals surface area contributed by atoms with E-state index in [1.165, 1.54) is 107 Å². The first kappa shape index (κ1) is 34.6. The van der Waals surface area contributed by atoms with Crippen molar-refractivity contribution >= 4 is 0 Å². The molecule has 2 aromatic carbocycles. The van der Waals surface area contributed by atoms with E-state index in [0.717, 1.165) is 18.7 Å². The van der Waals surface area contributed by atoms with E-state index in [1.807, 2.05) is 18.3 Å². The molecule has 1 heterocycles. The average molecular weight is 587 g/mol. The van der Waals surface area contributed by atoms with Gasteiger partial charge in [0, 0.05) is 31.4 Å². The summed E-state index contributed by atoms with van der Waals surface area (Å²) in [6, 6.07) is 22.7. The number of hydrogen-bond acceptors (Lipinski definition) is 3. The molecule has 0 bridgehead atoms. The standard InChI is InChI=1S/C39H58N2O2/c1-3-4-5-6-7-8-9-10-11-12-13-14-15-16-17-24-29-43-39-34-41(32-36-27-22-19-23-28-36)37(30-38(39)42)33-40(2)31-35-25-20-18-21-26-35/h18-23,25-28,30,34H,3-17,24,29,31-33H2,1-2H3. The van der Waals surface area contributed by atoms with Gasteiger partial charge in [-0.05, 0) is 24.6 Å².